The van der Waals surface area contributed by atoms with E-state index in [4.69, 9.17) is 16.3 Å². The Morgan fingerprint density at radius 3 is 2.53 bits per heavy atom. The van der Waals surface area contributed by atoms with Crippen molar-refractivity contribution in [1.82, 2.24) is 14.6 Å². The molecule has 6 nitrogen and oxygen atoms in total. The summed E-state index contributed by atoms with van der Waals surface area (Å²) in [5.74, 6) is -0.498. The molecule has 0 aliphatic carbocycles. The molecule has 32 heavy (non-hydrogen) atoms. The fourth-order valence-electron chi connectivity index (χ4n) is 3.40. The molecule has 0 radical (unpaired) electrons. The summed E-state index contributed by atoms with van der Waals surface area (Å²) in [5.41, 5.74) is 1.48. The van der Waals surface area contributed by atoms with Gasteiger partial charge in [0, 0.05) is 24.9 Å². The molecule has 0 saturated heterocycles. The molecule has 2 heterocycles. The highest BCUT2D eigenvalue weighted by atomic mass is 35.5. The number of halogens is 4. The number of esters is 1. The monoisotopic (exact) mass is 468 g/mol. The Kier molecular flexibility index (Phi) is 6.42. The average molecular weight is 469 g/mol. The molecule has 0 atom stereocenters. The van der Waals surface area contributed by atoms with Gasteiger partial charge in [0.15, 0.2) is 10.8 Å². The number of benzene rings is 1. The zero-order valence-electron chi connectivity index (χ0n) is 18.4. The molecule has 2 aromatic heterocycles. The van der Waals surface area contributed by atoms with Gasteiger partial charge in [-0.05, 0) is 44.9 Å². The van der Waals surface area contributed by atoms with E-state index in [2.05, 4.69) is 15.4 Å². The van der Waals surface area contributed by atoms with Gasteiger partial charge in [-0.3, -0.25) is 4.79 Å². The molecule has 0 spiro atoms. The van der Waals surface area contributed by atoms with Gasteiger partial charge < -0.3 is 10.1 Å². The Morgan fingerprint density at radius 2 is 1.94 bits per heavy atom. The molecule has 0 aliphatic heterocycles. The minimum absolute atomic E-state index is 0.0931. The van der Waals surface area contributed by atoms with E-state index < -0.39 is 17.7 Å². The standard InChI is InChI=1S/C22H24ClF3N4O2/c1-12-14(7-6-8-15(12)22(24,25)26)9-18-17(11-32-13(2)31)27-20-16(28-21(3,4)5)10-19(23)29-30(18)20/h6-8,10,28H,9,11H2,1-5H3. The molecule has 0 saturated carbocycles. The van der Waals surface area contributed by atoms with Crippen molar-refractivity contribution < 1.29 is 22.7 Å². The fraction of sp³-hybridized carbons (Fsp3) is 0.409. The second-order valence-electron chi connectivity index (χ2n) is 8.54. The van der Waals surface area contributed by atoms with Gasteiger partial charge in [0.05, 0.1) is 16.9 Å². The lowest BCUT2D eigenvalue weighted by Gasteiger charge is -2.22. The summed E-state index contributed by atoms with van der Waals surface area (Å²) in [6.45, 7) is 8.46. The van der Waals surface area contributed by atoms with Crippen LogP contribution in [0.3, 0.4) is 0 Å². The van der Waals surface area contributed by atoms with Crippen LogP contribution in [0.25, 0.3) is 5.65 Å². The van der Waals surface area contributed by atoms with Crippen LogP contribution in [0, 0.1) is 6.92 Å². The van der Waals surface area contributed by atoms with Gasteiger partial charge in [-0.1, -0.05) is 23.7 Å². The maximum Gasteiger partial charge on any atom is 0.416 e. The number of nitrogens with zero attached hydrogens (tertiary/aromatic N) is 3. The summed E-state index contributed by atoms with van der Waals surface area (Å²) in [6, 6.07) is 5.67. The number of carbonyl (C=O) groups excluding carboxylic acids is 1. The van der Waals surface area contributed by atoms with E-state index in [1.807, 2.05) is 20.8 Å². The van der Waals surface area contributed by atoms with E-state index in [9.17, 15) is 18.0 Å². The van der Waals surface area contributed by atoms with Crippen molar-refractivity contribution in [3.63, 3.8) is 0 Å². The number of imidazole rings is 1. The van der Waals surface area contributed by atoms with Crippen LogP contribution in [0.15, 0.2) is 24.3 Å². The summed E-state index contributed by atoms with van der Waals surface area (Å²) >= 11 is 6.25. The number of anilines is 1. The zero-order chi connectivity index (χ0) is 23.8. The predicted octanol–water partition coefficient (Wildman–Crippen LogP) is 5.57. The molecular weight excluding hydrogens is 445 g/mol. The predicted molar refractivity (Wildman–Crippen MR) is 116 cm³/mol. The van der Waals surface area contributed by atoms with E-state index in [0.717, 1.165) is 6.07 Å². The van der Waals surface area contributed by atoms with Gasteiger partial charge in [0.25, 0.3) is 0 Å². The van der Waals surface area contributed by atoms with Crippen molar-refractivity contribution in [3.05, 3.63) is 57.5 Å². The lowest BCUT2D eigenvalue weighted by atomic mass is 9.98. The molecule has 0 aliphatic rings. The summed E-state index contributed by atoms with van der Waals surface area (Å²) in [6.07, 6.45) is -4.37. The first-order valence-corrected chi connectivity index (χ1v) is 10.3. The number of hydrogen-bond acceptors (Lipinski definition) is 5. The van der Waals surface area contributed by atoms with Gasteiger partial charge in [-0.2, -0.15) is 18.3 Å². The van der Waals surface area contributed by atoms with Crippen LogP contribution in [0.4, 0.5) is 18.9 Å². The SMILES string of the molecule is CC(=O)OCc1nc2c(NC(C)(C)C)cc(Cl)nn2c1Cc1cccc(C(F)(F)F)c1C. The quantitative estimate of drug-likeness (QED) is 0.495. The first kappa shape index (κ1) is 23.8. The number of nitrogens with one attached hydrogen (secondary N) is 1. The molecule has 0 bridgehead atoms. The van der Waals surface area contributed by atoms with Crippen molar-refractivity contribution in [2.45, 2.75) is 59.4 Å². The largest absolute Gasteiger partial charge is 0.459 e. The molecule has 172 valence electrons. The van der Waals surface area contributed by atoms with Crippen LogP contribution in [0.1, 0.15) is 55.8 Å². The molecule has 3 aromatic rings. The van der Waals surface area contributed by atoms with E-state index in [1.165, 1.54) is 24.4 Å². The maximum absolute atomic E-state index is 13.4. The van der Waals surface area contributed by atoms with Crippen LogP contribution >= 0.6 is 11.6 Å². The Morgan fingerprint density at radius 1 is 1.25 bits per heavy atom. The van der Waals surface area contributed by atoms with Crippen LogP contribution in [-0.2, 0) is 28.7 Å². The van der Waals surface area contributed by atoms with E-state index in [1.54, 1.807) is 12.1 Å². The van der Waals surface area contributed by atoms with Gasteiger partial charge in [-0.25, -0.2) is 9.50 Å². The summed E-state index contributed by atoms with van der Waals surface area (Å²) in [7, 11) is 0. The van der Waals surface area contributed by atoms with Gasteiger partial charge in [0.2, 0.25) is 0 Å². The van der Waals surface area contributed by atoms with E-state index >= 15 is 0 Å². The molecule has 0 amide bonds. The lowest BCUT2D eigenvalue weighted by Crippen LogP contribution is -2.26. The van der Waals surface area contributed by atoms with E-state index in [-0.39, 0.29) is 29.3 Å². The van der Waals surface area contributed by atoms with Crippen LogP contribution in [-0.4, -0.2) is 26.1 Å². The minimum atomic E-state index is -4.47. The molecule has 0 unspecified atom stereocenters. The Hall–Kier alpha value is -2.81. The van der Waals surface area contributed by atoms with Crippen molar-refractivity contribution in [3.8, 4) is 0 Å². The summed E-state index contributed by atoms with van der Waals surface area (Å²) < 4.78 is 46.8. The molecule has 3 rings (SSSR count). The number of ether oxygens (including phenoxy) is 1. The molecule has 1 N–H and O–H groups in total. The fourth-order valence-corrected chi connectivity index (χ4v) is 3.59. The minimum Gasteiger partial charge on any atom is -0.459 e. The third-order valence-corrected chi connectivity index (χ3v) is 4.95. The Labute approximate surface area is 188 Å². The topological polar surface area (TPSA) is 68.5 Å². The van der Waals surface area contributed by atoms with Gasteiger partial charge >= 0.3 is 12.1 Å². The molecule has 1 aromatic carbocycles. The maximum atomic E-state index is 13.4. The van der Waals surface area contributed by atoms with Crippen LogP contribution in [0.5, 0.6) is 0 Å². The molecular formula is C22H24ClF3N4O2. The number of fused-ring (bicyclic) bond motifs is 1. The number of rotatable bonds is 5. The van der Waals surface area contributed by atoms with Crippen LogP contribution in [0.2, 0.25) is 5.15 Å². The van der Waals surface area contributed by atoms with Crippen molar-refractivity contribution in [2.75, 3.05) is 5.32 Å². The summed E-state index contributed by atoms with van der Waals surface area (Å²) in [5, 5.41) is 7.82. The van der Waals surface area contributed by atoms with E-state index in [0.29, 0.717) is 28.3 Å². The molecule has 0 fully saturated rings. The number of alkyl halides is 3. The Balaban J connectivity index is 2.18. The van der Waals surface area contributed by atoms with Crippen molar-refractivity contribution >= 4 is 28.9 Å². The Bertz CT molecular complexity index is 1170. The highest BCUT2D eigenvalue weighted by Gasteiger charge is 2.33. The van der Waals surface area contributed by atoms with Gasteiger partial charge in [-0.15, -0.1) is 0 Å². The lowest BCUT2D eigenvalue weighted by molar-refractivity contribution is -0.142. The summed E-state index contributed by atoms with van der Waals surface area (Å²) in [4.78, 5) is 16.0. The average Bonchev–Trinajstić information content (AvgIpc) is 2.97. The highest BCUT2D eigenvalue weighted by Crippen LogP contribution is 2.34. The molecule has 10 heteroatoms. The van der Waals surface area contributed by atoms with Crippen LogP contribution < -0.4 is 5.32 Å². The number of aromatic nitrogens is 3. The number of hydrogen-bond donors (Lipinski definition) is 1. The second-order valence-corrected chi connectivity index (χ2v) is 8.93. The highest BCUT2D eigenvalue weighted by molar-refractivity contribution is 6.29. The number of carbonyl (C=O) groups is 1. The third kappa shape index (κ3) is 5.32. The zero-order valence-corrected chi connectivity index (χ0v) is 19.1. The second kappa shape index (κ2) is 8.61. The first-order chi connectivity index (χ1) is 14.8. The first-order valence-electron chi connectivity index (χ1n) is 9.90. The van der Waals surface area contributed by atoms with Crippen molar-refractivity contribution in [1.29, 1.82) is 0 Å². The van der Waals surface area contributed by atoms with Gasteiger partial charge in [0.1, 0.15) is 12.3 Å². The smallest absolute Gasteiger partial charge is 0.416 e. The normalized spacial score (nSPS) is 12.3. The van der Waals surface area contributed by atoms with Crippen molar-refractivity contribution in [2.24, 2.45) is 0 Å². The third-order valence-electron chi connectivity index (χ3n) is 4.76.